The van der Waals surface area contributed by atoms with Gasteiger partial charge in [-0.3, -0.25) is 14.3 Å². The van der Waals surface area contributed by atoms with Crippen LogP contribution in [0.5, 0.6) is 0 Å². The van der Waals surface area contributed by atoms with E-state index in [4.69, 9.17) is 9.84 Å². The summed E-state index contributed by atoms with van der Waals surface area (Å²) in [6.07, 6.45) is -0.581. The van der Waals surface area contributed by atoms with E-state index in [-0.39, 0.29) is 13.0 Å². The molecular weight excluding hydrogens is 491 g/mol. The van der Waals surface area contributed by atoms with Crippen molar-refractivity contribution in [3.8, 4) is 0 Å². The van der Waals surface area contributed by atoms with Gasteiger partial charge in [0.15, 0.2) is 0 Å². The van der Waals surface area contributed by atoms with Crippen molar-refractivity contribution in [2.45, 2.75) is 31.8 Å². The Bertz CT molecular complexity index is 1010. The number of benzene rings is 2. The Kier molecular flexibility index (Phi) is 8.03. The third-order valence-corrected chi connectivity index (χ3v) is 8.23. The Balaban J connectivity index is 0.000000177. The number of nitrogens with zero attached hydrogens (tertiary/aromatic N) is 1. The molecule has 0 amide bonds. The van der Waals surface area contributed by atoms with E-state index in [9.17, 15) is 14.7 Å². The first kappa shape index (κ1) is 22.5. The van der Waals surface area contributed by atoms with Crippen LogP contribution in [0.4, 0.5) is 0 Å². The van der Waals surface area contributed by atoms with Crippen LogP contribution in [0, 0.1) is 6.92 Å². The summed E-state index contributed by atoms with van der Waals surface area (Å²) in [5, 5.41) is 18.5. The average Bonchev–Trinajstić information content (AvgIpc) is 3.13. The summed E-state index contributed by atoms with van der Waals surface area (Å²) in [4.78, 5) is 24.9. The zero-order valence-electron chi connectivity index (χ0n) is 16.6. The van der Waals surface area contributed by atoms with Gasteiger partial charge >= 0.3 is 94.7 Å². The molecule has 30 heavy (non-hydrogen) atoms. The van der Waals surface area contributed by atoms with Gasteiger partial charge in [0.2, 0.25) is 0 Å². The summed E-state index contributed by atoms with van der Waals surface area (Å²) in [7, 11) is 0. The molecule has 8 heteroatoms. The molecule has 1 aliphatic rings. The number of aromatic amines is 1. The van der Waals surface area contributed by atoms with Gasteiger partial charge in [-0.15, -0.1) is 0 Å². The number of ether oxygens (including phenoxy) is 1. The number of aromatic nitrogens is 2. The van der Waals surface area contributed by atoms with Crippen LogP contribution in [-0.2, 0) is 4.74 Å². The molecule has 2 aromatic carbocycles. The van der Waals surface area contributed by atoms with Gasteiger partial charge in [0, 0.05) is 18.2 Å². The second-order valence-corrected chi connectivity index (χ2v) is 11.0. The Morgan fingerprint density at radius 3 is 2.13 bits per heavy atom. The molecule has 3 N–H and O–H groups in total. The topological polar surface area (TPSA) is 105 Å². The van der Waals surface area contributed by atoms with Gasteiger partial charge in [-0.1, -0.05) is 0 Å². The molecule has 1 saturated heterocycles. The first-order chi connectivity index (χ1) is 14.5. The summed E-state index contributed by atoms with van der Waals surface area (Å²) in [6, 6.07) is 21.6. The molecule has 0 aliphatic carbocycles. The van der Waals surface area contributed by atoms with Gasteiger partial charge in [-0.05, 0) is 6.92 Å². The maximum atomic E-state index is 11.6. The predicted molar refractivity (Wildman–Crippen MR) is 116 cm³/mol. The SMILES string of the molecule is Cc1cn(C2CC(O)C(CO)O2)c(=O)[nH]c1=O.c1cc[c]([Sn][c]2ccccc2)cc1. The number of aliphatic hydroxyl groups is 2. The second-order valence-electron chi connectivity index (χ2n) is 6.95. The summed E-state index contributed by atoms with van der Waals surface area (Å²) >= 11 is -0.517. The zero-order chi connectivity index (χ0) is 21.5. The first-order valence-electron chi connectivity index (χ1n) is 9.61. The Hall–Kier alpha value is -2.20. The monoisotopic (exact) mass is 516 g/mol. The molecule has 0 saturated carbocycles. The van der Waals surface area contributed by atoms with Gasteiger partial charge in [-0.2, -0.15) is 0 Å². The predicted octanol–water partition coefficient (Wildman–Crippen LogP) is -0.173. The molecule has 2 radical (unpaired) electrons. The molecule has 0 bridgehead atoms. The van der Waals surface area contributed by atoms with Crippen LogP contribution in [0.15, 0.2) is 76.4 Å². The van der Waals surface area contributed by atoms with E-state index in [0.717, 1.165) is 0 Å². The minimum atomic E-state index is -0.816. The number of rotatable bonds is 4. The van der Waals surface area contributed by atoms with Crippen molar-refractivity contribution in [1.82, 2.24) is 9.55 Å². The van der Waals surface area contributed by atoms with Crippen molar-refractivity contribution in [3.63, 3.8) is 0 Å². The molecule has 7 nitrogen and oxygen atoms in total. The normalized spacial score (nSPS) is 20.4. The van der Waals surface area contributed by atoms with E-state index in [0.29, 0.717) is 5.56 Å². The zero-order valence-corrected chi connectivity index (χ0v) is 19.4. The molecular formula is C22H24N2O5Sn. The maximum absolute atomic E-state index is 11.6. The van der Waals surface area contributed by atoms with Crippen LogP contribution in [0.2, 0.25) is 0 Å². The Morgan fingerprint density at radius 1 is 1.07 bits per heavy atom. The molecule has 2 heterocycles. The number of nitrogens with one attached hydrogen (secondary N) is 1. The van der Waals surface area contributed by atoms with Crippen LogP contribution in [0.25, 0.3) is 0 Å². The first-order valence-corrected chi connectivity index (χ1v) is 12.5. The van der Waals surface area contributed by atoms with Crippen molar-refractivity contribution < 1.29 is 14.9 Å². The van der Waals surface area contributed by atoms with Gasteiger partial charge in [0.25, 0.3) is 5.56 Å². The van der Waals surface area contributed by atoms with E-state index < -0.39 is 50.8 Å². The molecule has 3 atom stereocenters. The molecule has 1 fully saturated rings. The molecule has 0 spiro atoms. The third kappa shape index (κ3) is 5.91. The van der Waals surface area contributed by atoms with Crippen LogP contribution in [0.3, 0.4) is 0 Å². The number of hydrogen-bond acceptors (Lipinski definition) is 5. The molecule has 156 valence electrons. The quantitative estimate of drug-likeness (QED) is 0.419. The molecule has 4 rings (SSSR count). The van der Waals surface area contributed by atoms with Crippen LogP contribution >= 0.6 is 0 Å². The summed E-state index contributed by atoms with van der Waals surface area (Å²) in [5.41, 5.74) is -0.643. The van der Waals surface area contributed by atoms with Crippen LogP contribution < -0.4 is 18.4 Å². The van der Waals surface area contributed by atoms with Gasteiger partial charge < -0.3 is 14.9 Å². The molecule has 3 unspecified atom stereocenters. The fourth-order valence-corrected chi connectivity index (χ4v) is 6.06. The van der Waals surface area contributed by atoms with Crippen molar-refractivity contribution in [2.24, 2.45) is 0 Å². The van der Waals surface area contributed by atoms with E-state index in [1.54, 1.807) is 6.92 Å². The Labute approximate surface area is 184 Å². The van der Waals surface area contributed by atoms with E-state index in [1.807, 2.05) is 0 Å². The van der Waals surface area contributed by atoms with E-state index in [2.05, 4.69) is 65.6 Å². The number of hydrogen-bond donors (Lipinski definition) is 3. The van der Waals surface area contributed by atoms with E-state index in [1.165, 1.54) is 17.9 Å². The second kappa shape index (κ2) is 10.7. The standard InChI is InChI=1S/C10H14N2O5.2C6H5.Sn/c1-5-3-12(10(16)11-9(5)15)8-2-6(14)7(4-13)17-8;2*1-2-4-6-5-3-1;/h3,6-8,13-14H,2,4H2,1H3,(H,11,15,16);2*1-5H;. The number of aryl methyl sites for hydroxylation is 1. The number of H-pyrrole nitrogens is 1. The fraction of sp³-hybridized carbons (Fsp3) is 0.273. The number of aliphatic hydroxyl groups excluding tert-OH is 2. The summed E-state index contributed by atoms with van der Waals surface area (Å²) < 4.78 is 9.62. The van der Waals surface area contributed by atoms with Crippen molar-refractivity contribution in [1.29, 1.82) is 0 Å². The molecule has 1 aliphatic heterocycles. The molecule has 1 aromatic heterocycles. The fourth-order valence-electron chi connectivity index (χ4n) is 3.06. The van der Waals surface area contributed by atoms with Crippen molar-refractivity contribution in [3.05, 3.63) is 93.3 Å². The van der Waals surface area contributed by atoms with Crippen LogP contribution in [0.1, 0.15) is 18.2 Å². The third-order valence-electron chi connectivity index (χ3n) is 4.68. The van der Waals surface area contributed by atoms with Crippen molar-refractivity contribution in [2.75, 3.05) is 6.61 Å². The van der Waals surface area contributed by atoms with Crippen molar-refractivity contribution >= 4 is 28.3 Å². The van der Waals surface area contributed by atoms with Gasteiger partial charge in [0.05, 0.1) is 12.7 Å². The Morgan fingerprint density at radius 2 is 1.63 bits per heavy atom. The minimum absolute atomic E-state index is 0.205. The molecule has 3 aromatic rings. The van der Waals surface area contributed by atoms with Gasteiger partial charge in [-0.25, -0.2) is 4.79 Å². The summed E-state index contributed by atoms with van der Waals surface area (Å²) in [6.45, 7) is 1.26. The van der Waals surface area contributed by atoms with E-state index >= 15 is 0 Å². The van der Waals surface area contributed by atoms with Gasteiger partial charge in [0.1, 0.15) is 12.3 Å². The summed E-state index contributed by atoms with van der Waals surface area (Å²) in [5.74, 6) is 0. The average molecular weight is 515 g/mol. The van der Waals surface area contributed by atoms with Crippen LogP contribution in [-0.4, -0.2) is 59.7 Å².